The summed E-state index contributed by atoms with van der Waals surface area (Å²) < 4.78 is 42.7. The summed E-state index contributed by atoms with van der Waals surface area (Å²) in [6, 6.07) is 4.40. The highest BCUT2D eigenvalue weighted by atomic mass is 19.4. The van der Waals surface area contributed by atoms with Gasteiger partial charge in [0.15, 0.2) is 0 Å². The lowest BCUT2D eigenvalue weighted by molar-refractivity contribution is -0.142. The minimum atomic E-state index is -4.62. The van der Waals surface area contributed by atoms with Crippen LogP contribution < -0.4 is 5.32 Å². The zero-order chi connectivity index (χ0) is 15.2. The van der Waals surface area contributed by atoms with Crippen molar-refractivity contribution < 1.29 is 32.6 Å². The molecule has 1 rings (SSSR count). The van der Waals surface area contributed by atoms with E-state index in [4.69, 9.17) is 5.11 Å². The molecule has 0 bridgehead atoms. The second kappa shape index (κ2) is 6.90. The van der Waals surface area contributed by atoms with Crippen LogP contribution in [0, 0.1) is 0 Å². The molecular weight excluding hydrogens is 279 g/mol. The molecule has 0 atom stereocenters. The molecule has 1 aromatic carbocycles. The van der Waals surface area contributed by atoms with Gasteiger partial charge in [-0.3, -0.25) is 4.79 Å². The monoisotopic (exact) mass is 291 g/mol. The lowest BCUT2D eigenvalue weighted by atomic mass is 10.1. The first-order valence-electron chi connectivity index (χ1n) is 5.56. The summed E-state index contributed by atoms with van der Waals surface area (Å²) in [6.45, 7) is -0.723. The van der Waals surface area contributed by atoms with Gasteiger partial charge < -0.3 is 15.2 Å². The Morgan fingerprint density at radius 2 is 1.90 bits per heavy atom. The lowest BCUT2D eigenvalue weighted by Gasteiger charge is -2.12. The third kappa shape index (κ3) is 4.88. The maximum absolute atomic E-state index is 12.7. The molecule has 0 saturated heterocycles. The van der Waals surface area contributed by atoms with Crippen molar-refractivity contribution in [2.75, 3.05) is 19.8 Å². The fourth-order valence-corrected chi connectivity index (χ4v) is 1.42. The van der Waals surface area contributed by atoms with Crippen molar-refractivity contribution in [3.63, 3.8) is 0 Å². The van der Waals surface area contributed by atoms with Crippen LogP contribution in [0.25, 0.3) is 0 Å². The first-order valence-corrected chi connectivity index (χ1v) is 5.56. The summed E-state index contributed by atoms with van der Waals surface area (Å²) >= 11 is 0. The molecule has 2 N–H and O–H groups in total. The molecule has 0 aliphatic rings. The number of rotatable bonds is 6. The molecule has 0 aliphatic carbocycles. The molecular formula is C12H12F3NO4. The molecule has 1 amide bonds. The molecule has 0 aromatic heterocycles. The second-order valence-electron chi connectivity index (χ2n) is 3.75. The highest BCUT2D eigenvalue weighted by Crippen LogP contribution is 2.31. The average Bonchev–Trinajstić information content (AvgIpc) is 2.36. The Kier molecular flexibility index (Phi) is 5.51. The van der Waals surface area contributed by atoms with Gasteiger partial charge in [-0.15, -0.1) is 0 Å². The summed E-state index contributed by atoms with van der Waals surface area (Å²) in [6.07, 6.45) is -4.62. The van der Waals surface area contributed by atoms with Gasteiger partial charge in [0.1, 0.15) is 6.61 Å². The van der Waals surface area contributed by atoms with Gasteiger partial charge in [0.25, 0.3) is 5.91 Å². The van der Waals surface area contributed by atoms with E-state index in [0.29, 0.717) is 0 Å². The summed E-state index contributed by atoms with van der Waals surface area (Å²) in [5.41, 5.74) is -1.51. The number of ether oxygens (including phenoxy) is 1. The molecule has 0 spiro atoms. The van der Waals surface area contributed by atoms with E-state index in [1.807, 2.05) is 0 Å². The minimum Gasteiger partial charge on any atom is -0.480 e. The van der Waals surface area contributed by atoms with Gasteiger partial charge >= 0.3 is 12.1 Å². The van der Waals surface area contributed by atoms with E-state index in [9.17, 15) is 22.8 Å². The highest BCUT2D eigenvalue weighted by Gasteiger charge is 2.34. The second-order valence-corrected chi connectivity index (χ2v) is 3.75. The predicted molar refractivity (Wildman–Crippen MR) is 62.2 cm³/mol. The smallest absolute Gasteiger partial charge is 0.417 e. The van der Waals surface area contributed by atoms with Gasteiger partial charge in [0, 0.05) is 6.54 Å². The number of carbonyl (C=O) groups excluding carboxylic acids is 1. The fraction of sp³-hybridized carbons (Fsp3) is 0.333. The summed E-state index contributed by atoms with van der Waals surface area (Å²) in [4.78, 5) is 21.8. The van der Waals surface area contributed by atoms with Crippen LogP contribution in [0.15, 0.2) is 24.3 Å². The first-order chi connectivity index (χ1) is 9.32. The molecule has 20 heavy (non-hydrogen) atoms. The van der Waals surface area contributed by atoms with Gasteiger partial charge in [-0.25, -0.2) is 4.79 Å². The molecule has 0 heterocycles. The highest BCUT2D eigenvalue weighted by molar-refractivity contribution is 5.95. The normalized spacial score (nSPS) is 11.2. The number of carboxylic acid groups (broad SMARTS) is 1. The number of benzene rings is 1. The van der Waals surface area contributed by atoms with Crippen LogP contribution in [0.5, 0.6) is 0 Å². The van der Waals surface area contributed by atoms with E-state index in [2.05, 4.69) is 10.1 Å². The average molecular weight is 291 g/mol. The number of amides is 1. The maximum Gasteiger partial charge on any atom is 0.417 e. The van der Waals surface area contributed by atoms with Crippen LogP contribution in [-0.2, 0) is 15.7 Å². The van der Waals surface area contributed by atoms with Crippen molar-refractivity contribution in [1.82, 2.24) is 5.32 Å². The first kappa shape index (κ1) is 16.0. The Morgan fingerprint density at radius 1 is 1.25 bits per heavy atom. The van der Waals surface area contributed by atoms with Crippen molar-refractivity contribution in [3.05, 3.63) is 35.4 Å². The van der Waals surface area contributed by atoms with Gasteiger partial charge in [-0.05, 0) is 12.1 Å². The van der Waals surface area contributed by atoms with Crippen LogP contribution in [0.1, 0.15) is 15.9 Å². The molecule has 110 valence electrons. The molecule has 0 unspecified atom stereocenters. The number of alkyl halides is 3. The molecule has 0 fully saturated rings. The van der Waals surface area contributed by atoms with Crippen LogP contribution in [0.2, 0.25) is 0 Å². The van der Waals surface area contributed by atoms with Crippen LogP contribution >= 0.6 is 0 Å². The van der Waals surface area contributed by atoms with E-state index in [1.165, 1.54) is 12.1 Å². The van der Waals surface area contributed by atoms with Gasteiger partial charge in [-0.1, -0.05) is 12.1 Å². The number of halogens is 3. The van der Waals surface area contributed by atoms with E-state index < -0.39 is 35.8 Å². The molecule has 0 radical (unpaired) electrons. The van der Waals surface area contributed by atoms with Crippen molar-refractivity contribution in [2.45, 2.75) is 6.18 Å². The Labute approximate surface area is 112 Å². The quantitative estimate of drug-likeness (QED) is 0.779. The zero-order valence-corrected chi connectivity index (χ0v) is 10.2. The predicted octanol–water partition coefficient (Wildman–Crippen LogP) is 1.54. The van der Waals surface area contributed by atoms with Crippen LogP contribution in [0.4, 0.5) is 13.2 Å². The van der Waals surface area contributed by atoms with E-state index in [0.717, 1.165) is 12.1 Å². The van der Waals surface area contributed by atoms with Gasteiger partial charge in [0.2, 0.25) is 0 Å². The van der Waals surface area contributed by atoms with E-state index >= 15 is 0 Å². The Balaban J connectivity index is 2.58. The maximum atomic E-state index is 12.7. The lowest BCUT2D eigenvalue weighted by Crippen LogP contribution is -2.29. The standard InChI is InChI=1S/C12H12F3NO4/c13-12(14,15)9-4-2-1-3-8(9)11(19)16-5-6-20-7-10(17)18/h1-4H,5-7H2,(H,16,19)(H,17,18). The molecule has 0 aliphatic heterocycles. The third-order valence-electron chi connectivity index (χ3n) is 2.23. The third-order valence-corrected chi connectivity index (χ3v) is 2.23. The Hall–Kier alpha value is -2.09. The SMILES string of the molecule is O=C(O)COCCNC(=O)c1ccccc1C(F)(F)F. The van der Waals surface area contributed by atoms with E-state index in [-0.39, 0.29) is 13.2 Å². The Morgan fingerprint density at radius 3 is 2.50 bits per heavy atom. The van der Waals surface area contributed by atoms with Crippen LogP contribution in [0.3, 0.4) is 0 Å². The van der Waals surface area contributed by atoms with Crippen molar-refractivity contribution in [2.24, 2.45) is 0 Å². The number of carbonyl (C=O) groups is 2. The molecule has 5 nitrogen and oxygen atoms in total. The largest absolute Gasteiger partial charge is 0.480 e. The van der Waals surface area contributed by atoms with Crippen molar-refractivity contribution >= 4 is 11.9 Å². The topological polar surface area (TPSA) is 75.6 Å². The van der Waals surface area contributed by atoms with Crippen molar-refractivity contribution in [3.8, 4) is 0 Å². The summed E-state index contributed by atoms with van der Waals surface area (Å²) in [7, 11) is 0. The van der Waals surface area contributed by atoms with Gasteiger partial charge in [-0.2, -0.15) is 13.2 Å². The molecule has 1 aromatic rings. The van der Waals surface area contributed by atoms with E-state index in [1.54, 1.807) is 0 Å². The molecule has 0 saturated carbocycles. The molecule has 8 heteroatoms. The number of carboxylic acids is 1. The Bertz CT molecular complexity index is 488. The summed E-state index contributed by atoms with van der Waals surface area (Å²) in [5.74, 6) is -2.06. The summed E-state index contributed by atoms with van der Waals surface area (Å²) in [5, 5.41) is 10.5. The number of hydrogen-bond acceptors (Lipinski definition) is 3. The number of nitrogens with one attached hydrogen (secondary N) is 1. The van der Waals surface area contributed by atoms with Crippen LogP contribution in [-0.4, -0.2) is 36.7 Å². The van der Waals surface area contributed by atoms with Crippen molar-refractivity contribution in [1.29, 1.82) is 0 Å². The minimum absolute atomic E-state index is 0.0850. The fourth-order valence-electron chi connectivity index (χ4n) is 1.42. The van der Waals surface area contributed by atoms with Gasteiger partial charge in [0.05, 0.1) is 17.7 Å². The zero-order valence-electron chi connectivity index (χ0n) is 10.2. The number of aliphatic carboxylic acids is 1. The number of hydrogen-bond donors (Lipinski definition) is 2.